The van der Waals surface area contributed by atoms with Crippen LogP contribution in [0.3, 0.4) is 0 Å². The summed E-state index contributed by atoms with van der Waals surface area (Å²) in [6, 6.07) is 8.40. The molecule has 0 N–H and O–H groups in total. The lowest BCUT2D eigenvalue weighted by atomic mass is 10.4. The van der Waals surface area contributed by atoms with Crippen LogP contribution in [-0.2, 0) is 0 Å². The molecule has 0 nitrogen and oxygen atoms in total. The fourth-order valence-corrected chi connectivity index (χ4v) is 8.61. The highest BCUT2D eigenvalue weighted by Crippen LogP contribution is 2.23. The van der Waals surface area contributed by atoms with Crippen molar-refractivity contribution < 1.29 is 0 Å². The Labute approximate surface area is 124 Å². The van der Waals surface area contributed by atoms with E-state index in [1.54, 1.807) is 0 Å². The Morgan fingerprint density at radius 2 is 0.789 bits per heavy atom. The van der Waals surface area contributed by atoms with Crippen molar-refractivity contribution >= 4 is 16.1 Å². The molecule has 0 fully saturated rings. The second-order valence-corrected chi connectivity index (χ2v) is 16.2. The van der Waals surface area contributed by atoms with E-state index in [-0.39, 0.29) is 0 Å². The van der Waals surface area contributed by atoms with E-state index in [1.807, 2.05) is 0 Å². The molecule has 0 unspecified atom stereocenters. The van der Waals surface area contributed by atoms with E-state index in [1.165, 1.54) is 36.3 Å². The highest BCUT2D eigenvalue weighted by Gasteiger charge is 2.23. The molecule has 0 radical (unpaired) electrons. The number of hydrogen-bond donors (Lipinski definition) is 0. The average Bonchev–Trinajstić information content (AvgIpc) is 2.48. The van der Waals surface area contributed by atoms with Gasteiger partial charge in [-0.25, -0.2) is 0 Å². The van der Waals surface area contributed by atoms with Gasteiger partial charge in [0.15, 0.2) is 0 Å². The van der Waals surface area contributed by atoms with Gasteiger partial charge in [0.1, 0.15) is 0 Å². The second-order valence-electron chi connectivity index (χ2n) is 5.89. The molecule has 0 rings (SSSR count). The fourth-order valence-electron chi connectivity index (χ4n) is 2.92. The van der Waals surface area contributed by atoms with Gasteiger partial charge in [0.05, 0.1) is 16.1 Å². The van der Waals surface area contributed by atoms with Crippen LogP contribution in [0, 0.1) is 0 Å². The van der Waals surface area contributed by atoms with Crippen LogP contribution in [0.1, 0.15) is 48.0 Å². The minimum Gasteiger partial charge on any atom is -0.0978 e. The molecule has 0 heterocycles. The van der Waals surface area contributed by atoms with Crippen molar-refractivity contribution in [3.63, 3.8) is 0 Å². The van der Waals surface area contributed by atoms with E-state index in [0.717, 1.165) is 6.42 Å². The molecule has 0 saturated heterocycles. The lowest BCUT2D eigenvalue weighted by Crippen LogP contribution is -2.28. The standard InChI is InChI=1S/C17H36Si2/c1-7-18(8-2,9-3)16-14-13-15-17-19(10-4,11-5)12-6/h14-17H,7-13H2,1-6H3. The van der Waals surface area contributed by atoms with Crippen molar-refractivity contribution in [3.8, 4) is 0 Å². The summed E-state index contributed by atoms with van der Waals surface area (Å²) in [6.45, 7) is 14.3. The topological polar surface area (TPSA) is 0 Å². The Balaban J connectivity index is 4.50. The van der Waals surface area contributed by atoms with Crippen molar-refractivity contribution in [1.29, 1.82) is 0 Å². The van der Waals surface area contributed by atoms with Crippen LogP contribution in [0.25, 0.3) is 0 Å². The van der Waals surface area contributed by atoms with Crippen molar-refractivity contribution in [2.75, 3.05) is 0 Å². The van der Waals surface area contributed by atoms with Crippen molar-refractivity contribution in [3.05, 3.63) is 23.6 Å². The first-order valence-electron chi connectivity index (χ1n) is 8.42. The first-order chi connectivity index (χ1) is 9.07. The summed E-state index contributed by atoms with van der Waals surface area (Å²) in [5.74, 6) is 0. The number of allylic oxidation sites excluding steroid dienone is 2. The molecule has 2 heteroatoms. The van der Waals surface area contributed by atoms with E-state index >= 15 is 0 Å². The van der Waals surface area contributed by atoms with Gasteiger partial charge in [-0.15, -0.1) is 0 Å². The predicted molar refractivity (Wildman–Crippen MR) is 97.3 cm³/mol. The highest BCUT2D eigenvalue weighted by atomic mass is 28.3. The Kier molecular flexibility index (Phi) is 9.72. The van der Waals surface area contributed by atoms with Crippen LogP contribution >= 0.6 is 0 Å². The molecular formula is C17H36Si2. The molecule has 19 heavy (non-hydrogen) atoms. The van der Waals surface area contributed by atoms with Gasteiger partial charge < -0.3 is 0 Å². The smallest absolute Gasteiger partial charge is 0.0766 e. The van der Waals surface area contributed by atoms with Gasteiger partial charge in [-0.3, -0.25) is 0 Å². The van der Waals surface area contributed by atoms with E-state index in [4.69, 9.17) is 0 Å². The fraction of sp³-hybridized carbons (Fsp3) is 0.765. The summed E-state index contributed by atoms with van der Waals surface area (Å²) in [5.41, 5.74) is 5.23. The van der Waals surface area contributed by atoms with E-state index in [9.17, 15) is 0 Å². The first-order valence-corrected chi connectivity index (χ1v) is 13.8. The SMILES string of the molecule is CC[Si](C=CCC=C[Si](CC)(CC)CC)(CC)CC. The molecule has 0 saturated carbocycles. The molecular weight excluding hydrogens is 260 g/mol. The molecule has 0 bridgehead atoms. The van der Waals surface area contributed by atoms with Crippen LogP contribution < -0.4 is 0 Å². The van der Waals surface area contributed by atoms with Crippen LogP contribution in [0.15, 0.2) is 23.6 Å². The summed E-state index contributed by atoms with van der Waals surface area (Å²) in [5, 5.41) is 0. The predicted octanol–water partition coefficient (Wildman–Crippen LogP) is 6.58. The van der Waals surface area contributed by atoms with E-state index in [0.29, 0.717) is 0 Å². The molecule has 0 atom stereocenters. The lowest BCUT2D eigenvalue weighted by Gasteiger charge is -2.24. The third-order valence-electron chi connectivity index (χ3n) is 5.44. The van der Waals surface area contributed by atoms with Crippen LogP contribution in [0.4, 0.5) is 0 Å². The molecule has 0 aliphatic carbocycles. The molecule has 0 amide bonds. The van der Waals surface area contributed by atoms with Crippen LogP contribution in [0.2, 0.25) is 36.3 Å². The normalized spacial score (nSPS) is 13.8. The van der Waals surface area contributed by atoms with Crippen molar-refractivity contribution in [2.24, 2.45) is 0 Å². The Morgan fingerprint density at radius 1 is 0.526 bits per heavy atom. The largest absolute Gasteiger partial charge is 0.0978 e. The second kappa shape index (κ2) is 9.76. The van der Waals surface area contributed by atoms with Gasteiger partial charge in [-0.1, -0.05) is 101 Å². The summed E-state index contributed by atoms with van der Waals surface area (Å²) in [6.07, 6.45) is 6.07. The monoisotopic (exact) mass is 296 g/mol. The summed E-state index contributed by atoms with van der Waals surface area (Å²) in [7, 11) is -2.08. The van der Waals surface area contributed by atoms with Gasteiger partial charge in [-0.2, -0.15) is 0 Å². The first kappa shape index (κ1) is 18.9. The lowest BCUT2D eigenvalue weighted by molar-refractivity contribution is 1.18. The summed E-state index contributed by atoms with van der Waals surface area (Å²) >= 11 is 0. The van der Waals surface area contributed by atoms with Crippen molar-refractivity contribution in [2.45, 2.75) is 84.2 Å². The molecule has 0 aromatic heterocycles. The van der Waals surface area contributed by atoms with Gasteiger partial charge in [-0.05, 0) is 6.42 Å². The zero-order valence-corrected chi connectivity index (χ0v) is 16.3. The maximum Gasteiger partial charge on any atom is 0.0766 e. The van der Waals surface area contributed by atoms with Crippen molar-refractivity contribution in [1.82, 2.24) is 0 Å². The molecule has 0 aromatic carbocycles. The number of hydrogen-bond acceptors (Lipinski definition) is 0. The maximum absolute atomic E-state index is 2.62. The Morgan fingerprint density at radius 3 is 1.00 bits per heavy atom. The Bertz CT molecular complexity index is 226. The van der Waals surface area contributed by atoms with Crippen LogP contribution in [0.5, 0.6) is 0 Å². The van der Waals surface area contributed by atoms with E-state index in [2.05, 4.69) is 65.1 Å². The maximum atomic E-state index is 2.62. The third kappa shape index (κ3) is 5.82. The van der Waals surface area contributed by atoms with Gasteiger partial charge in [0.25, 0.3) is 0 Å². The summed E-state index contributed by atoms with van der Waals surface area (Å²) < 4.78 is 0. The minimum absolute atomic E-state index is 1.04. The average molecular weight is 297 g/mol. The van der Waals surface area contributed by atoms with Gasteiger partial charge in [0, 0.05) is 0 Å². The number of rotatable bonds is 10. The molecule has 0 aromatic rings. The van der Waals surface area contributed by atoms with Gasteiger partial charge >= 0.3 is 0 Å². The zero-order chi connectivity index (χ0) is 14.8. The molecule has 0 aliphatic rings. The van der Waals surface area contributed by atoms with E-state index < -0.39 is 16.1 Å². The molecule has 112 valence electrons. The summed E-state index contributed by atoms with van der Waals surface area (Å²) in [4.78, 5) is 0. The molecule has 0 aliphatic heterocycles. The molecule has 0 spiro atoms. The quantitative estimate of drug-likeness (QED) is 0.399. The Hall–Kier alpha value is -0.0862. The highest BCUT2D eigenvalue weighted by molar-refractivity contribution is 6.84. The van der Waals surface area contributed by atoms with Gasteiger partial charge in [0.2, 0.25) is 0 Å². The zero-order valence-electron chi connectivity index (χ0n) is 14.3. The third-order valence-corrected chi connectivity index (χ3v) is 15.8. The minimum atomic E-state index is -1.04. The van der Waals surface area contributed by atoms with Crippen LogP contribution in [-0.4, -0.2) is 16.1 Å².